The highest BCUT2D eigenvalue weighted by Gasteiger charge is 2.04. The van der Waals surface area contributed by atoms with Crippen molar-refractivity contribution in [1.82, 2.24) is 0 Å². The molecule has 0 radical (unpaired) electrons. The molecule has 0 rings (SSSR count). The first-order valence-corrected chi connectivity index (χ1v) is 5.82. The molecule has 0 aliphatic heterocycles. The fraction of sp³-hybridized carbons (Fsp3) is 0.375. The van der Waals surface area contributed by atoms with E-state index in [1.54, 1.807) is 0 Å². The summed E-state index contributed by atoms with van der Waals surface area (Å²) in [6, 6.07) is 0. The van der Waals surface area contributed by atoms with E-state index in [1.165, 1.54) is 11.1 Å². The molecular weight excluding hydrogens is 206 g/mol. The van der Waals surface area contributed by atoms with Crippen LogP contribution in [0, 0.1) is 0 Å². The molecule has 0 aromatic carbocycles. The van der Waals surface area contributed by atoms with Gasteiger partial charge in [-0.2, -0.15) is 0 Å². The zero-order chi connectivity index (χ0) is 13.7. The van der Waals surface area contributed by atoms with Crippen LogP contribution in [0.25, 0.3) is 0 Å². The SMILES string of the molecule is C=C(C)/C(C)=C/C(C)=C(C)/C(N)=C(/C)C(=C)C. The van der Waals surface area contributed by atoms with Crippen LogP contribution in [-0.4, -0.2) is 0 Å². The summed E-state index contributed by atoms with van der Waals surface area (Å²) in [6.07, 6.45) is 2.12. The lowest BCUT2D eigenvalue weighted by Gasteiger charge is -2.11. The monoisotopic (exact) mass is 231 g/mol. The van der Waals surface area contributed by atoms with Gasteiger partial charge in [0.15, 0.2) is 0 Å². The molecule has 0 saturated carbocycles. The first-order valence-electron chi connectivity index (χ1n) is 5.82. The topological polar surface area (TPSA) is 26.0 Å². The van der Waals surface area contributed by atoms with E-state index in [0.717, 1.165) is 28.0 Å². The van der Waals surface area contributed by atoms with Gasteiger partial charge in [-0.15, -0.1) is 0 Å². The van der Waals surface area contributed by atoms with Crippen LogP contribution in [0.2, 0.25) is 0 Å². The Morgan fingerprint density at radius 2 is 1.29 bits per heavy atom. The van der Waals surface area contributed by atoms with Gasteiger partial charge < -0.3 is 5.73 Å². The predicted molar refractivity (Wildman–Crippen MR) is 78.6 cm³/mol. The van der Waals surface area contributed by atoms with Gasteiger partial charge in [0, 0.05) is 5.70 Å². The molecule has 1 heteroatoms. The van der Waals surface area contributed by atoms with Gasteiger partial charge in [-0.05, 0) is 63.8 Å². The van der Waals surface area contributed by atoms with Crippen molar-refractivity contribution in [1.29, 1.82) is 0 Å². The highest BCUT2D eigenvalue weighted by atomic mass is 14.6. The van der Waals surface area contributed by atoms with Gasteiger partial charge in [0.25, 0.3) is 0 Å². The van der Waals surface area contributed by atoms with E-state index >= 15 is 0 Å². The van der Waals surface area contributed by atoms with Gasteiger partial charge in [-0.1, -0.05) is 30.4 Å². The van der Waals surface area contributed by atoms with E-state index in [1.807, 2.05) is 27.7 Å². The fourth-order valence-corrected chi connectivity index (χ4v) is 1.28. The lowest BCUT2D eigenvalue weighted by atomic mass is 9.99. The standard InChI is InChI=1S/C16H25N/c1-10(2)12(5)9-13(6)15(8)16(17)14(7)11(3)4/h9H,1,3,17H2,2,4-8H3/b12-9+,15-13+,16-14+. The smallest absolute Gasteiger partial charge is 0.0378 e. The molecule has 2 N–H and O–H groups in total. The molecule has 0 spiro atoms. The summed E-state index contributed by atoms with van der Waals surface area (Å²) in [4.78, 5) is 0. The summed E-state index contributed by atoms with van der Waals surface area (Å²) in [7, 11) is 0. The van der Waals surface area contributed by atoms with Crippen LogP contribution in [0.15, 0.2) is 58.4 Å². The van der Waals surface area contributed by atoms with Crippen LogP contribution in [0.3, 0.4) is 0 Å². The molecule has 0 aromatic rings. The lowest BCUT2D eigenvalue weighted by molar-refractivity contribution is 1.16. The minimum absolute atomic E-state index is 0.820. The Bertz CT molecular complexity index is 428. The maximum absolute atomic E-state index is 6.12. The summed E-state index contributed by atoms with van der Waals surface area (Å²) in [5, 5.41) is 0. The van der Waals surface area contributed by atoms with Crippen LogP contribution in [0.1, 0.15) is 41.5 Å². The molecule has 0 heterocycles. The number of rotatable bonds is 4. The Labute approximate surface area is 106 Å². The molecule has 0 aliphatic rings. The Morgan fingerprint density at radius 3 is 1.65 bits per heavy atom. The third kappa shape index (κ3) is 4.48. The number of allylic oxidation sites excluding steroid dienone is 7. The normalized spacial score (nSPS) is 15.1. The molecule has 17 heavy (non-hydrogen) atoms. The highest BCUT2D eigenvalue weighted by molar-refractivity contribution is 5.45. The average molecular weight is 231 g/mol. The molecule has 94 valence electrons. The van der Waals surface area contributed by atoms with E-state index in [2.05, 4.69) is 33.1 Å². The second-order valence-corrected chi connectivity index (χ2v) is 4.73. The molecule has 0 aromatic heterocycles. The summed E-state index contributed by atoms with van der Waals surface area (Å²) in [6.45, 7) is 20.0. The van der Waals surface area contributed by atoms with Gasteiger partial charge in [0.1, 0.15) is 0 Å². The quantitative estimate of drug-likeness (QED) is 0.700. The van der Waals surface area contributed by atoms with Gasteiger partial charge in [-0.3, -0.25) is 0 Å². The zero-order valence-electron chi connectivity index (χ0n) is 12.1. The maximum Gasteiger partial charge on any atom is 0.0378 e. The van der Waals surface area contributed by atoms with Crippen LogP contribution < -0.4 is 5.73 Å². The first-order chi connectivity index (χ1) is 7.68. The molecule has 0 atom stereocenters. The molecular formula is C16H25N. The van der Waals surface area contributed by atoms with E-state index in [9.17, 15) is 0 Å². The number of hydrogen-bond donors (Lipinski definition) is 1. The minimum atomic E-state index is 0.820. The summed E-state index contributed by atoms with van der Waals surface area (Å²) in [5.41, 5.74) is 13.5. The predicted octanol–water partition coefficient (Wildman–Crippen LogP) is 4.65. The van der Waals surface area contributed by atoms with E-state index < -0.39 is 0 Å². The molecule has 0 aliphatic carbocycles. The molecule has 0 bridgehead atoms. The Balaban J connectivity index is 5.49. The summed E-state index contributed by atoms with van der Waals surface area (Å²) >= 11 is 0. The molecule has 0 unspecified atom stereocenters. The average Bonchev–Trinajstić information content (AvgIpc) is 2.25. The number of nitrogens with two attached hydrogens (primary N) is 1. The van der Waals surface area contributed by atoms with Crippen molar-refractivity contribution in [3.8, 4) is 0 Å². The molecule has 0 fully saturated rings. The third-order valence-corrected chi connectivity index (χ3v) is 3.15. The van der Waals surface area contributed by atoms with Crippen molar-refractivity contribution in [2.24, 2.45) is 5.73 Å². The maximum atomic E-state index is 6.12. The summed E-state index contributed by atoms with van der Waals surface area (Å²) in [5.74, 6) is 0. The second-order valence-electron chi connectivity index (χ2n) is 4.73. The highest BCUT2D eigenvalue weighted by Crippen LogP contribution is 2.20. The minimum Gasteiger partial charge on any atom is -0.398 e. The van der Waals surface area contributed by atoms with Gasteiger partial charge in [0.05, 0.1) is 0 Å². The Kier molecular flexibility index (Phi) is 5.73. The van der Waals surface area contributed by atoms with Crippen LogP contribution in [-0.2, 0) is 0 Å². The second kappa shape index (κ2) is 6.29. The van der Waals surface area contributed by atoms with Crippen molar-refractivity contribution in [3.05, 3.63) is 58.4 Å². The van der Waals surface area contributed by atoms with Gasteiger partial charge in [-0.25, -0.2) is 0 Å². The van der Waals surface area contributed by atoms with E-state index in [-0.39, 0.29) is 0 Å². The van der Waals surface area contributed by atoms with Crippen molar-refractivity contribution in [2.45, 2.75) is 41.5 Å². The first kappa shape index (κ1) is 15.5. The van der Waals surface area contributed by atoms with E-state index in [4.69, 9.17) is 5.73 Å². The fourth-order valence-electron chi connectivity index (χ4n) is 1.28. The van der Waals surface area contributed by atoms with Crippen molar-refractivity contribution >= 4 is 0 Å². The van der Waals surface area contributed by atoms with Crippen molar-refractivity contribution < 1.29 is 0 Å². The van der Waals surface area contributed by atoms with E-state index in [0.29, 0.717) is 0 Å². The zero-order valence-corrected chi connectivity index (χ0v) is 12.1. The Morgan fingerprint density at radius 1 is 0.824 bits per heavy atom. The summed E-state index contributed by atoms with van der Waals surface area (Å²) < 4.78 is 0. The van der Waals surface area contributed by atoms with Crippen LogP contribution in [0.5, 0.6) is 0 Å². The largest absolute Gasteiger partial charge is 0.398 e. The van der Waals surface area contributed by atoms with Crippen molar-refractivity contribution in [3.63, 3.8) is 0 Å². The van der Waals surface area contributed by atoms with Gasteiger partial charge in [0.2, 0.25) is 0 Å². The van der Waals surface area contributed by atoms with Crippen LogP contribution in [0.4, 0.5) is 0 Å². The van der Waals surface area contributed by atoms with Gasteiger partial charge >= 0.3 is 0 Å². The molecule has 0 saturated heterocycles. The number of hydrogen-bond acceptors (Lipinski definition) is 1. The molecule has 0 amide bonds. The van der Waals surface area contributed by atoms with Crippen molar-refractivity contribution in [2.75, 3.05) is 0 Å². The van der Waals surface area contributed by atoms with Crippen LogP contribution >= 0.6 is 0 Å². The lowest BCUT2D eigenvalue weighted by Crippen LogP contribution is -2.04. The third-order valence-electron chi connectivity index (χ3n) is 3.15. The Hall–Kier alpha value is -1.50. The molecule has 1 nitrogen and oxygen atoms in total.